The fourth-order valence-electron chi connectivity index (χ4n) is 3.72. The second-order valence-electron chi connectivity index (χ2n) is 6.23. The van der Waals surface area contributed by atoms with E-state index in [1.54, 1.807) is 0 Å². The highest BCUT2D eigenvalue weighted by Gasteiger charge is 2.48. The van der Waals surface area contributed by atoms with Crippen molar-refractivity contribution >= 4 is 15.9 Å². The predicted octanol–water partition coefficient (Wildman–Crippen LogP) is 4.46. The van der Waals surface area contributed by atoms with Crippen LogP contribution < -0.4 is 4.74 Å². The van der Waals surface area contributed by atoms with E-state index in [-0.39, 0.29) is 5.60 Å². The molecule has 0 amide bonds. The van der Waals surface area contributed by atoms with Crippen LogP contribution in [0.5, 0.6) is 5.75 Å². The van der Waals surface area contributed by atoms with Gasteiger partial charge < -0.3 is 9.84 Å². The van der Waals surface area contributed by atoms with E-state index in [0.29, 0.717) is 11.8 Å². The van der Waals surface area contributed by atoms with Crippen molar-refractivity contribution in [1.82, 2.24) is 0 Å². The summed E-state index contributed by atoms with van der Waals surface area (Å²) in [6.07, 6.45) is 3.85. The quantitative estimate of drug-likeness (QED) is 0.763. The molecule has 1 aromatic carbocycles. The first-order valence-electron chi connectivity index (χ1n) is 7.18. The molecule has 2 aliphatic rings. The predicted molar refractivity (Wildman–Crippen MR) is 79.3 cm³/mol. The number of halogens is 1. The van der Waals surface area contributed by atoms with Gasteiger partial charge in [0, 0.05) is 16.5 Å². The summed E-state index contributed by atoms with van der Waals surface area (Å²) in [5.41, 5.74) is 0.753. The normalized spacial score (nSPS) is 37.8. The molecule has 3 heteroatoms. The molecule has 1 N–H and O–H groups in total. The number of hydrogen-bond donors (Lipinski definition) is 1. The molecule has 1 aliphatic carbocycles. The van der Waals surface area contributed by atoms with Gasteiger partial charge in [0.25, 0.3) is 0 Å². The molecule has 104 valence electrons. The van der Waals surface area contributed by atoms with E-state index in [9.17, 15) is 5.11 Å². The molecule has 3 rings (SSSR count). The van der Waals surface area contributed by atoms with Crippen LogP contribution in [0.3, 0.4) is 0 Å². The molecule has 1 saturated carbocycles. The fraction of sp³-hybridized carbons (Fsp3) is 0.625. The average molecular weight is 325 g/mol. The monoisotopic (exact) mass is 324 g/mol. The molecule has 1 spiro atoms. The van der Waals surface area contributed by atoms with Crippen molar-refractivity contribution in [3.63, 3.8) is 0 Å². The van der Waals surface area contributed by atoms with E-state index in [1.165, 1.54) is 12.8 Å². The minimum Gasteiger partial charge on any atom is -0.486 e. The van der Waals surface area contributed by atoms with Gasteiger partial charge in [-0.2, -0.15) is 0 Å². The number of aliphatic hydroxyl groups is 1. The van der Waals surface area contributed by atoms with E-state index >= 15 is 0 Å². The zero-order chi connectivity index (χ0) is 13.6. The van der Waals surface area contributed by atoms with Crippen molar-refractivity contribution in [2.24, 2.45) is 11.8 Å². The van der Waals surface area contributed by atoms with Crippen LogP contribution in [0.1, 0.15) is 51.2 Å². The SMILES string of the molecule is CC1CCCC2(C[C@@H](O)c3cc(Br)ccc3O2)C1C. The van der Waals surface area contributed by atoms with Crippen molar-refractivity contribution in [2.75, 3.05) is 0 Å². The zero-order valence-corrected chi connectivity index (χ0v) is 13.1. The highest BCUT2D eigenvalue weighted by atomic mass is 79.9. The molecule has 3 unspecified atom stereocenters. The summed E-state index contributed by atoms with van der Waals surface area (Å²) in [4.78, 5) is 0. The number of benzene rings is 1. The number of hydrogen-bond acceptors (Lipinski definition) is 2. The lowest BCUT2D eigenvalue weighted by Gasteiger charge is -2.49. The first kappa shape index (κ1) is 13.4. The Morgan fingerprint density at radius 3 is 2.95 bits per heavy atom. The van der Waals surface area contributed by atoms with Gasteiger partial charge in [0.1, 0.15) is 11.4 Å². The molecule has 2 nitrogen and oxygen atoms in total. The van der Waals surface area contributed by atoms with Crippen molar-refractivity contribution < 1.29 is 9.84 Å². The standard InChI is InChI=1S/C16H21BrO2/c1-10-4-3-7-16(11(10)2)9-14(18)13-8-12(17)5-6-15(13)19-16/h5-6,8,10-11,14,18H,3-4,7,9H2,1-2H3/t10?,11?,14-,16?/m1/s1. The Morgan fingerprint density at radius 2 is 2.16 bits per heavy atom. The first-order valence-corrected chi connectivity index (χ1v) is 7.98. The highest BCUT2D eigenvalue weighted by Crippen LogP contribution is 2.50. The summed E-state index contributed by atoms with van der Waals surface area (Å²) in [6.45, 7) is 4.58. The largest absolute Gasteiger partial charge is 0.486 e. The van der Waals surface area contributed by atoms with Crippen LogP contribution in [0, 0.1) is 11.8 Å². The Kier molecular flexibility index (Phi) is 3.38. The van der Waals surface area contributed by atoms with Gasteiger partial charge in [-0.3, -0.25) is 0 Å². The Bertz CT molecular complexity index is 488. The summed E-state index contributed by atoms with van der Waals surface area (Å²) >= 11 is 3.46. The molecule has 1 aromatic rings. The molecule has 0 aromatic heterocycles. The van der Waals surface area contributed by atoms with E-state index in [0.717, 1.165) is 28.6 Å². The molecule has 0 radical (unpaired) electrons. The maximum absolute atomic E-state index is 10.5. The maximum atomic E-state index is 10.5. The third kappa shape index (κ3) is 2.21. The Labute approximate surface area is 123 Å². The third-order valence-corrected chi connectivity index (χ3v) is 5.62. The number of ether oxygens (including phenoxy) is 1. The molecule has 0 bridgehead atoms. The summed E-state index contributed by atoms with van der Waals surface area (Å²) in [7, 11) is 0. The molecule has 1 fully saturated rings. The summed E-state index contributed by atoms with van der Waals surface area (Å²) in [5, 5.41) is 10.5. The van der Waals surface area contributed by atoms with Crippen LogP contribution in [0.15, 0.2) is 22.7 Å². The maximum Gasteiger partial charge on any atom is 0.126 e. The molecule has 0 saturated heterocycles. The summed E-state index contributed by atoms with van der Waals surface area (Å²) in [6, 6.07) is 5.95. The van der Waals surface area contributed by atoms with Crippen LogP contribution >= 0.6 is 15.9 Å². The lowest BCUT2D eigenvalue weighted by atomic mass is 9.67. The summed E-state index contributed by atoms with van der Waals surface area (Å²) < 4.78 is 7.38. The minimum atomic E-state index is -0.408. The second kappa shape index (κ2) is 4.78. The van der Waals surface area contributed by atoms with Gasteiger partial charge in [0.2, 0.25) is 0 Å². The van der Waals surface area contributed by atoms with Crippen molar-refractivity contribution in [1.29, 1.82) is 0 Å². The highest BCUT2D eigenvalue weighted by molar-refractivity contribution is 9.10. The van der Waals surface area contributed by atoms with E-state index in [2.05, 4.69) is 29.8 Å². The van der Waals surface area contributed by atoms with Crippen LogP contribution in [0.4, 0.5) is 0 Å². The molecule has 4 atom stereocenters. The molecule has 1 aliphatic heterocycles. The van der Waals surface area contributed by atoms with Gasteiger partial charge in [-0.25, -0.2) is 0 Å². The van der Waals surface area contributed by atoms with Crippen LogP contribution in [0.2, 0.25) is 0 Å². The van der Waals surface area contributed by atoms with Crippen LogP contribution in [0.25, 0.3) is 0 Å². The number of rotatable bonds is 0. The smallest absolute Gasteiger partial charge is 0.126 e. The first-order chi connectivity index (χ1) is 9.02. The Morgan fingerprint density at radius 1 is 1.37 bits per heavy atom. The van der Waals surface area contributed by atoms with Crippen molar-refractivity contribution in [3.8, 4) is 5.75 Å². The number of fused-ring (bicyclic) bond motifs is 1. The second-order valence-corrected chi connectivity index (χ2v) is 7.14. The van der Waals surface area contributed by atoms with Gasteiger partial charge in [-0.15, -0.1) is 0 Å². The third-order valence-electron chi connectivity index (χ3n) is 5.13. The van der Waals surface area contributed by atoms with Crippen LogP contribution in [-0.2, 0) is 0 Å². The average Bonchev–Trinajstić information content (AvgIpc) is 2.37. The van der Waals surface area contributed by atoms with Gasteiger partial charge in [0.05, 0.1) is 6.10 Å². The van der Waals surface area contributed by atoms with E-state index in [4.69, 9.17) is 4.74 Å². The van der Waals surface area contributed by atoms with Crippen LogP contribution in [-0.4, -0.2) is 10.7 Å². The molecule has 1 heterocycles. The minimum absolute atomic E-state index is 0.169. The van der Waals surface area contributed by atoms with E-state index < -0.39 is 6.10 Å². The molecular formula is C16H21BrO2. The van der Waals surface area contributed by atoms with Crippen molar-refractivity contribution in [2.45, 2.75) is 51.2 Å². The Hall–Kier alpha value is -0.540. The van der Waals surface area contributed by atoms with Crippen molar-refractivity contribution in [3.05, 3.63) is 28.2 Å². The van der Waals surface area contributed by atoms with Gasteiger partial charge in [-0.05, 0) is 42.9 Å². The molecule has 19 heavy (non-hydrogen) atoms. The van der Waals surface area contributed by atoms with Gasteiger partial charge >= 0.3 is 0 Å². The zero-order valence-electron chi connectivity index (χ0n) is 11.5. The van der Waals surface area contributed by atoms with E-state index in [1.807, 2.05) is 18.2 Å². The molecular weight excluding hydrogens is 304 g/mol. The topological polar surface area (TPSA) is 29.5 Å². The Balaban J connectivity index is 1.98. The number of aliphatic hydroxyl groups excluding tert-OH is 1. The van der Waals surface area contributed by atoms with Gasteiger partial charge in [-0.1, -0.05) is 36.2 Å². The lowest BCUT2D eigenvalue weighted by Crippen LogP contribution is -2.50. The summed E-state index contributed by atoms with van der Waals surface area (Å²) in [5.74, 6) is 2.02. The van der Waals surface area contributed by atoms with Gasteiger partial charge in [0.15, 0.2) is 0 Å². The lowest BCUT2D eigenvalue weighted by molar-refractivity contribution is -0.0879. The fourth-order valence-corrected chi connectivity index (χ4v) is 4.10.